The SMILES string of the molecule is CCNC(c1ccc(OC)cc1F)C1CCC1. The number of hydrogen-bond donors (Lipinski definition) is 1. The molecule has 3 heteroatoms. The molecule has 0 aromatic heterocycles. The van der Waals surface area contributed by atoms with Gasteiger partial charge in [-0.1, -0.05) is 19.4 Å². The molecular weight excluding hydrogens is 217 g/mol. The Morgan fingerprint density at radius 1 is 1.47 bits per heavy atom. The Balaban J connectivity index is 2.22. The van der Waals surface area contributed by atoms with Gasteiger partial charge in [0.2, 0.25) is 0 Å². The first-order valence-corrected chi connectivity index (χ1v) is 6.33. The van der Waals surface area contributed by atoms with E-state index >= 15 is 0 Å². The van der Waals surface area contributed by atoms with E-state index in [1.165, 1.54) is 25.3 Å². The van der Waals surface area contributed by atoms with Crippen molar-refractivity contribution in [1.82, 2.24) is 5.32 Å². The molecule has 2 rings (SSSR count). The molecule has 17 heavy (non-hydrogen) atoms. The van der Waals surface area contributed by atoms with Crippen LogP contribution < -0.4 is 10.1 Å². The fourth-order valence-corrected chi connectivity index (χ4v) is 2.41. The summed E-state index contributed by atoms with van der Waals surface area (Å²) in [4.78, 5) is 0. The second kappa shape index (κ2) is 5.50. The molecule has 0 saturated heterocycles. The lowest BCUT2D eigenvalue weighted by Gasteiger charge is -2.34. The lowest BCUT2D eigenvalue weighted by atomic mass is 9.77. The average molecular weight is 237 g/mol. The summed E-state index contributed by atoms with van der Waals surface area (Å²) in [6, 6.07) is 5.30. The molecule has 1 aromatic rings. The fourth-order valence-electron chi connectivity index (χ4n) is 2.41. The second-order valence-electron chi connectivity index (χ2n) is 4.61. The fraction of sp³-hybridized carbons (Fsp3) is 0.571. The van der Waals surface area contributed by atoms with Crippen molar-refractivity contribution in [3.63, 3.8) is 0 Å². The molecule has 0 amide bonds. The van der Waals surface area contributed by atoms with Gasteiger partial charge in [0, 0.05) is 17.7 Å². The number of rotatable bonds is 5. The van der Waals surface area contributed by atoms with E-state index in [4.69, 9.17) is 4.74 Å². The molecule has 0 bridgehead atoms. The third-order valence-electron chi connectivity index (χ3n) is 3.59. The van der Waals surface area contributed by atoms with Gasteiger partial charge in [0.1, 0.15) is 11.6 Å². The number of halogens is 1. The Morgan fingerprint density at radius 3 is 2.71 bits per heavy atom. The number of nitrogens with one attached hydrogen (secondary N) is 1. The highest BCUT2D eigenvalue weighted by molar-refractivity contribution is 5.31. The van der Waals surface area contributed by atoms with Crippen LogP contribution in [0, 0.1) is 11.7 Å². The first-order chi connectivity index (χ1) is 8.26. The van der Waals surface area contributed by atoms with E-state index in [-0.39, 0.29) is 11.9 Å². The van der Waals surface area contributed by atoms with E-state index in [0.717, 1.165) is 12.1 Å². The number of benzene rings is 1. The van der Waals surface area contributed by atoms with Gasteiger partial charge in [0.15, 0.2) is 0 Å². The van der Waals surface area contributed by atoms with Crippen LogP contribution in [0.25, 0.3) is 0 Å². The van der Waals surface area contributed by atoms with Crippen LogP contribution >= 0.6 is 0 Å². The summed E-state index contributed by atoms with van der Waals surface area (Å²) in [7, 11) is 1.56. The molecule has 94 valence electrons. The molecule has 2 nitrogen and oxygen atoms in total. The lowest BCUT2D eigenvalue weighted by Crippen LogP contribution is -2.32. The Morgan fingerprint density at radius 2 is 2.24 bits per heavy atom. The highest BCUT2D eigenvalue weighted by atomic mass is 19.1. The van der Waals surface area contributed by atoms with Gasteiger partial charge in [-0.25, -0.2) is 4.39 Å². The van der Waals surface area contributed by atoms with E-state index in [1.807, 2.05) is 12.1 Å². The summed E-state index contributed by atoms with van der Waals surface area (Å²) in [5.41, 5.74) is 0.775. The van der Waals surface area contributed by atoms with Crippen molar-refractivity contribution < 1.29 is 9.13 Å². The smallest absolute Gasteiger partial charge is 0.131 e. The van der Waals surface area contributed by atoms with Gasteiger partial charge < -0.3 is 10.1 Å². The molecule has 1 saturated carbocycles. The normalized spacial score (nSPS) is 17.6. The average Bonchev–Trinajstić information content (AvgIpc) is 2.26. The van der Waals surface area contributed by atoms with Crippen LogP contribution in [0.3, 0.4) is 0 Å². The van der Waals surface area contributed by atoms with Crippen LogP contribution in [0.15, 0.2) is 18.2 Å². The first kappa shape index (κ1) is 12.4. The van der Waals surface area contributed by atoms with E-state index in [0.29, 0.717) is 11.7 Å². The zero-order valence-corrected chi connectivity index (χ0v) is 10.5. The van der Waals surface area contributed by atoms with Crippen molar-refractivity contribution in [1.29, 1.82) is 0 Å². The van der Waals surface area contributed by atoms with E-state index in [9.17, 15) is 4.39 Å². The van der Waals surface area contributed by atoms with Crippen LogP contribution in [0.1, 0.15) is 37.8 Å². The molecular formula is C14H20FNO. The zero-order valence-electron chi connectivity index (χ0n) is 10.5. The standard InChI is InChI=1S/C14H20FNO/c1-3-16-14(10-5-4-6-10)12-8-7-11(17-2)9-13(12)15/h7-10,14,16H,3-6H2,1-2H3. The zero-order chi connectivity index (χ0) is 12.3. The maximum Gasteiger partial charge on any atom is 0.131 e. The predicted octanol–water partition coefficient (Wildman–Crippen LogP) is 3.29. The Kier molecular flexibility index (Phi) is 4.00. The summed E-state index contributed by atoms with van der Waals surface area (Å²) in [6.45, 7) is 2.93. The van der Waals surface area contributed by atoms with E-state index in [1.54, 1.807) is 7.11 Å². The topological polar surface area (TPSA) is 21.3 Å². The van der Waals surface area contributed by atoms with Gasteiger partial charge >= 0.3 is 0 Å². The molecule has 0 radical (unpaired) electrons. The van der Waals surface area contributed by atoms with Crippen molar-refractivity contribution in [3.05, 3.63) is 29.6 Å². The Hall–Kier alpha value is -1.09. The van der Waals surface area contributed by atoms with Gasteiger partial charge in [0.25, 0.3) is 0 Å². The maximum absolute atomic E-state index is 14.0. The van der Waals surface area contributed by atoms with Crippen LogP contribution in [0.5, 0.6) is 5.75 Å². The van der Waals surface area contributed by atoms with Gasteiger partial charge in [-0.15, -0.1) is 0 Å². The summed E-state index contributed by atoms with van der Waals surface area (Å²) >= 11 is 0. The summed E-state index contributed by atoms with van der Waals surface area (Å²) in [5.74, 6) is 0.996. The first-order valence-electron chi connectivity index (χ1n) is 6.33. The van der Waals surface area contributed by atoms with E-state index < -0.39 is 0 Å². The number of hydrogen-bond acceptors (Lipinski definition) is 2. The minimum atomic E-state index is -0.165. The van der Waals surface area contributed by atoms with Gasteiger partial charge in [-0.2, -0.15) is 0 Å². The third-order valence-corrected chi connectivity index (χ3v) is 3.59. The van der Waals surface area contributed by atoms with E-state index in [2.05, 4.69) is 12.2 Å². The van der Waals surface area contributed by atoms with Crippen molar-refractivity contribution in [3.8, 4) is 5.75 Å². The van der Waals surface area contributed by atoms with Crippen molar-refractivity contribution in [2.24, 2.45) is 5.92 Å². The molecule has 1 aliphatic rings. The Bertz CT molecular complexity index is 376. The van der Waals surface area contributed by atoms with Crippen molar-refractivity contribution >= 4 is 0 Å². The molecule has 1 aliphatic carbocycles. The van der Waals surface area contributed by atoms with Gasteiger partial charge in [-0.3, -0.25) is 0 Å². The minimum absolute atomic E-state index is 0.152. The Labute approximate surface area is 102 Å². The highest BCUT2D eigenvalue weighted by Gasteiger charge is 2.29. The van der Waals surface area contributed by atoms with Crippen LogP contribution in [-0.2, 0) is 0 Å². The van der Waals surface area contributed by atoms with Crippen LogP contribution in [0.4, 0.5) is 4.39 Å². The minimum Gasteiger partial charge on any atom is -0.497 e. The molecule has 1 atom stereocenters. The maximum atomic E-state index is 14.0. The summed E-state index contributed by atoms with van der Waals surface area (Å²) in [6.07, 6.45) is 3.66. The summed E-state index contributed by atoms with van der Waals surface area (Å²) in [5, 5.41) is 3.40. The van der Waals surface area contributed by atoms with Crippen molar-refractivity contribution in [2.45, 2.75) is 32.2 Å². The van der Waals surface area contributed by atoms with Gasteiger partial charge in [-0.05, 0) is 31.4 Å². The predicted molar refractivity (Wildman–Crippen MR) is 66.7 cm³/mol. The molecule has 1 fully saturated rings. The third kappa shape index (κ3) is 2.60. The number of ether oxygens (including phenoxy) is 1. The molecule has 1 N–H and O–H groups in total. The quantitative estimate of drug-likeness (QED) is 0.848. The van der Waals surface area contributed by atoms with Crippen molar-refractivity contribution in [2.75, 3.05) is 13.7 Å². The monoisotopic (exact) mass is 237 g/mol. The van der Waals surface area contributed by atoms with Crippen LogP contribution in [-0.4, -0.2) is 13.7 Å². The molecule has 0 aliphatic heterocycles. The number of methoxy groups -OCH3 is 1. The molecule has 1 unspecified atom stereocenters. The largest absolute Gasteiger partial charge is 0.497 e. The molecule has 0 spiro atoms. The molecule has 1 aromatic carbocycles. The van der Waals surface area contributed by atoms with Gasteiger partial charge in [0.05, 0.1) is 7.11 Å². The molecule has 0 heterocycles. The summed E-state index contributed by atoms with van der Waals surface area (Å²) < 4.78 is 19.0. The van der Waals surface area contributed by atoms with Crippen LogP contribution in [0.2, 0.25) is 0 Å². The highest BCUT2D eigenvalue weighted by Crippen LogP contribution is 2.38. The second-order valence-corrected chi connectivity index (χ2v) is 4.61. The lowest BCUT2D eigenvalue weighted by molar-refractivity contribution is 0.229.